The zero-order valence-electron chi connectivity index (χ0n) is 8.00. The van der Waals surface area contributed by atoms with Gasteiger partial charge in [-0.2, -0.15) is 0 Å². The minimum Gasteiger partial charge on any atom is -0.423 e. The maximum atomic E-state index is 11.2. The van der Waals surface area contributed by atoms with Gasteiger partial charge in [-0.1, -0.05) is 13.8 Å². The van der Waals surface area contributed by atoms with Crippen molar-refractivity contribution in [2.24, 2.45) is 5.92 Å². The summed E-state index contributed by atoms with van der Waals surface area (Å²) in [5.41, 5.74) is 0. The number of rotatable bonds is 2. The van der Waals surface area contributed by atoms with Crippen molar-refractivity contribution in [1.82, 2.24) is 0 Å². The average Bonchev–Trinajstić information content (AvgIpc) is 2.08. The van der Waals surface area contributed by atoms with Gasteiger partial charge in [-0.15, -0.1) is 0 Å². The number of Topliss-reactive ketones (excluding diaryl/α,β-unsaturated/α-hetero) is 1. The van der Waals surface area contributed by atoms with Crippen molar-refractivity contribution in [3.05, 3.63) is 11.8 Å². The van der Waals surface area contributed by atoms with Crippen molar-refractivity contribution in [1.29, 1.82) is 0 Å². The first kappa shape index (κ1) is 9.96. The Morgan fingerprint density at radius 2 is 2.23 bits per heavy atom. The molecule has 72 valence electrons. The topological polar surface area (TPSA) is 43.4 Å². The molecule has 0 fully saturated rings. The van der Waals surface area contributed by atoms with E-state index in [9.17, 15) is 9.59 Å². The predicted octanol–water partition coefficient (Wildman–Crippen LogP) is 1.82. The zero-order valence-corrected chi connectivity index (χ0v) is 8.00. The first-order valence-electron chi connectivity index (χ1n) is 4.56. The van der Waals surface area contributed by atoms with Crippen LogP contribution in [-0.4, -0.2) is 11.8 Å². The van der Waals surface area contributed by atoms with E-state index in [1.165, 1.54) is 0 Å². The molecule has 13 heavy (non-hydrogen) atoms. The maximum Gasteiger partial charge on any atom is 0.313 e. The summed E-state index contributed by atoms with van der Waals surface area (Å²) in [5.74, 6) is -0.331. The Labute approximate surface area is 77.8 Å². The van der Waals surface area contributed by atoms with Gasteiger partial charge < -0.3 is 4.74 Å². The Bertz CT molecular complexity index is 251. The van der Waals surface area contributed by atoms with Gasteiger partial charge in [0.15, 0.2) is 11.5 Å². The number of allylic oxidation sites excluding steroid dienone is 2. The van der Waals surface area contributed by atoms with Crippen molar-refractivity contribution >= 4 is 11.8 Å². The Kier molecular flexibility index (Phi) is 3.23. The SMILES string of the molecule is CC(C)C(=O)OC1=CCCCC1=O. The largest absolute Gasteiger partial charge is 0.423 e. The third kappa shape index (κ3) is 2.68. The number of hydrogen-bond donors (Lipinski definition) is 0. The molecule has 0 spiro atoms. The molecule has 0 saturated carbocycles. The molecule has 1 rings (SSSR count). The summed E-state index contributed by atoms with van der Waals surface area (Å²) >= 11 is 0. The molecule has 0 aromatic rings. The fourth-order valence-electron chi connectivity index (χ4n) is 1.06. The summed E-state index contributed by atoms with van der Waals surface area (Å²) in [6.07, 6.45) is 3.89. The Balaban J connectivity index is 2.57. The minimum atomic E-state index is -0.332. The van der Waals surface area contributed by atoms with Crippen LogP contribution in [0.4, 0.5) is 0 Å². The van der Waals surface area contributed by atoms with E-state index in [1.54, 1.807) is 19.9 Å². The van der Waals surface area contributed by atoms with Crippen LogP contribution in [0.5, 0.6) is 0 Å². The van der Waals surface area contributed by atoms with Crippen LogP contribution < -0.4 is 0 Å². The highest BCUT2D eigenvalue weighted by Crippen LogP contribution is 2.16. The van der Waals surface area contributed by atoms with E-state index in [1.807, 2.05) is 0 Å². The Morgan fingerprint density at radius 1 is 1.54 bits per heavy atom. The van der Waals surface area contributed by atoms with E-state index in [4.69, 9.17) is 4.74 Å². The van der Waals surface area contributed by atoms with Gasteiger partial charge in [-0.25, -0.2) is 0 Å². The summed E-state index contributed by atoms with van der Waals surface area (Å²) in [5, 5.41) is 0. The smallest absolute Gasteiger partial charge is 0.313 e. The number of ketones is 1. The second-order valence-corrected chi connectivity index (χ2v) is 3.46. The number of esters is 1. The highest BCUT2D eigenvalue weighted by molar-refractivity contribution is 5.96. The summed E-state index contributed by atoms with van der Waals surface area (Å²) < 4.78 is 4.94. The molecule has 0 atom stereocenters. The molecule has 0 bridgehead atoms. The second-order valence-electron chi connectivity index (χ2n) is 3.46. The van der Waals surface area contributed by atoms with E-state index in [0.717, 1.165) is 12.8 Å². The molecule has 0 radical (unpaired) electrons. The van der Waals surface area contributed by atoms with Crippen LogP contribution >= 0.6 is 0 Å². The Morgan fingerprint density at radius 3 is 2.77 bits per heavy atom. The van der Waals surface area contributed by atoms with Gasteiger partial charge in [0.25, 0.3) is 0 Å². The molecule has 0 heterocycles. The van der Waals surface area contributed by atoms with Crippen LogP contribution in [0.3, 0.4) is 0 Å². The molecule has 3 nitrogen and oxygen atoms in total. The lowest BCUT2D eigenvalue weighted by Gasteiger charge is -2.12. The van der Waals surface area contributed by atoms with E-state index in [-0.39, 0.29) is 23.4 Å². The third-order valence-corrected chi connectivity index (χ3v) is 1.89. The molecule has 0 N–H and O–H groups in total. The molecule has 1 aliphatic rings. The first-order valence-corrected chi connectivity index (χ1v) is 4.56. The molecular weight excluding hydrogens is 168 g/mol. The highest BCUT2D eigenvalue weighted by atomic mass is 16.5. The second kappa shape index (κ2) is 4.21. The van der Waals surface area contributed by atoms with Gasteiger partial charge in [0.05, 0.1) is 5.92 Å². The quantitative estimate of drug-likeness (QED) is 0.612. The van der Waals surface area contributed by atoms with Crippen molar-refractivity contribution in [3.63, 3.8) is 0 Å². The standard InChI is InChI=1S/C10H14O3/c1-7(2)10(12)13-9-6-4-3-5-8(9)11/h6-7H,3-5H2,1-2H3. The van der Waals surface area contributed by atoms with Crippen LogP contribution in [0.15, 0.2) is 11.8 Å². The minimum absolute atomic E-state index is 0.0553. The van der Waals surface area contributed by atoms with Crippen molar-refractivity contribution < 1.29 is 14.3 Å². The zero-order chi connectivity index (χ0) is 9.84. The highest BCUT2D eigenvalue weighted by Gasteiger charge is 2.19. The molecule has 0 aliphatic heterocycles. The maximum absolute atomic E-state index is 11.2. The van der Waals surface area contributed by atoms with Crippen LogP contribution in [0.2, 0.25) is 0 Å². The van der Waals surface area contributed by atoms with Crippen molar-refractivity contribution in [3.8, 4) is 0 Å². The summed E-state index contributed by atoms with van der Waals surface area (Å²) in [6.45, 7) is 3.49. The monoisotopic (exact) mass is 182 g/mol. The third-order valence-electron chi connectivity index (χ3n) is 1.89. The summed E-state index contributed by atoms with van der Waals surface area (Å²) in [4.78, 5) is 22.3. The van der Waals surface area contributed by atoms with E-state index in [0.29, 0.717) is 6.42 Å². The van der Waals surface area contributed by atoms with Crippen LogP contribution in [0, 0.1) is 5.92 Å². The van der Waals surface area contributed by atoms with Gasteiger partial charge in [0, 0.05) is 6.42 Å². The van der Waals surface area contributed by atoms with Crippen LogP contribution in [0.1, 0.15) is 33.1 Å². The molecule has 3 heteroatoms. The lowest BCUT2D eigenvalue weighted by Crippen LogP contribution is -2.17. The predicted molar refractivity (Wildman–Crippen MR) is 47.9 cm³/mol. The van der Waals surface area contributed by atoms with Gasteiger partial charge in [0.1, 0.15) is 0 Å². The van der Waals surface area contributed by atoms with E-state index < -0.39 is 0 Å². The number of hydrogen-bond acceptors (Lipinski definition) is 3. The van der Waals surface area contributed by atoms with Gasteiger partial charge in [-0.3, -0.25) is 9.59 Å². The molecular formula is C10H14O3. The molecule has 0 aromatic heterocycles. The molecule has 0 amide bonds. The van der Waals surface area contributed by atoms with E-state index >= 15 is 0 Å². The van der Waals surface area contributed by atoms with Gasteiger partial charge in [-0.05, 0) is 18.9 Å². The number of carbonyl (C=O) groups is 2. The summed E-state index contributed by atoms with van der Waals surface area (Å²) in [6, 6.07) is 0. The fourth-order valence-corrected chi connectivity index (χ4v) is 1.06. The Hall–Kier alpha value is -1.12. The van der Waals surface area contributed by atoms with Gasteiger partial charge >= 0.3 is 5.97 Å². The van der Waals surface area contributed by atoms with Crippen molar-refractivity contribution in [2.75, 3.05) is 0 Å². The number of ether oxygens (including phenoxy) is 1. The van der Waals surface area contributed by atoms with Crippen molar-refractivity contribution in [2.45, 2.75) is 33.1 Å². The van der Waals surface area contributed by atoms with Crippen LogP contribution in [0.25, 0.3) is 0 Å². The average molecular weight is 182 g/mol. The first-order chi connectivity index (χ1) is 6.11. The summed E-state index contributed by atoms with van der Waals surface area (Å²) in [7, 11) is 0. The van der Waals surface area contributed by atoms with Gasteiger partial charge in [0.2, 0.25) is 0 Å². The molecule has 0 saturated heterocycles. The lowest BCUT2D eigenvalue weighted by molar-refractivity contribution is -0.146. The van der Waals surface area contributed by atoms with E-state index in [2.05, 4.69) is 0 Å². The van der Waals surface area contributed by atoms with Crippen LogP contribution in [-0.2, 0) is 14.3 Å². The molecule has 1 aliphatic carbocycles. The number of carbonyl (C=O) groups excluding carboxylic acids is 2. The normalized spacial score (nSPS) is 17.2. The fraction of sp³-hybridized carbons (Fsp3) is 0.600. The molecule has 0 aromatic carbocycles. The lowest BCUT2D eigenvalue weighted by atomic mass is 10.1. The molecule has 0 unspecified atom stereocenters.